The normalized spacial score (nSPS) is 17.6. The molecule has 1 heterocycles. The molecule has 1 fully saturated rings. The maximum atomic E-state index is 12.0. The molecule has 1 unspecified atom stereocenters. The fourth-order valence-electron chi connectivity index (χ4n) is 2.54. The summed E-state index contributed by atoms with van der Waals surface area (Å²) in [6.45, 7) is 0. The van der Waals surface area contributed by atoms with E-state index in [0.29, 0.717) is 33.8 Å². The van der Waals surface area contributed by atoms with Crippen LogP contribution in [0.2, 0.25) is 10.0 Å². The highest BCUT2D eigenvalue weighted by molar-refractivity contribution is 6.35. The number of ether oxygens (including phenoxy) is 1. The molecule has 0 amide bonds. The molecule has 0 spiro atoms. The fraction of sp³-hybridized carbons (Fsp3) is 0.312. The van der Waals surface area contributed by atoms with Gasteiger partial charge in [-0.15, -0.1) is 0 Å². The van der Waals surface area contributed by atoms with E-state index in [1.54, 1.807) is 18.2 Å². The topological polar surface area (TPSA) is 90.1 Å². The van der Waals surface area contributed by atoms with Crippen molar-refractivity contribution in [2.24, 2.45) is 0 Å². The molecule has 8 heteroatoms. The second kappa shape index (κ2) is 7.23. The van der Waals surface area contributed by atoms with Gasteiger partial charge in [0.05, 0.1) is 17.3 Å². The van der Waals surface area contributed by atoms with Crippen LogP contribution in [0.5, 0.6) is 11.5 Å². The number of ketones is 1. The maximum absolute atomic E-state index is 12.0. The summed E-state index contributed by atoms with van der Waals surface area (Å²) < 4.78 is 5.78. The number of benzene rings is 1. The lowest BCUT2D eigenvalue weighted by Crippen LogP contribution is -2.32. The van der Waals surface area contributed by atoms with Gasteiger partial charge in [0.2, 0.25) is 5.95 Å². The number of nitrogen functional groups attached to an aromatic ring is 1. The third-order valence-electron chi connectivity index (χ3n) is 3.75. The van der Waals surface area contributed by atoms with E-state index >= 15 is 0 Å². The Hall–Kier alpha value is -2.05. The minimum absolute atomic E-state index is 0.0929. The van der Waals surface area contributed by atoms with E-state index in [1.165, 1.54) is 6.20 Å². The summed E-state index contributed by atoms with van der Waals surface area (Å²) in [5.74, 6) is 1.37. The number of rotatable bonds is 4. The Bertz CT molecular complexity index is 770. The molecule has 0 aliphatic heterocycles. The number of hydrogen-bond donors (Lipinski definition) is 2. The number of carbonyl (C=O) groups excluding carboxylic acids is 1. The monoisotopic (exact) mass is 366 g/mol. The number of anilines is 2. The Balaban J connectivity index is 1.86. The second-order valence-electron chi connectivity index (χ2n) is 5.53. The molecule has 1 saturated carbocycles. The van der Waals surface area contributed by atoms with Gasteiger partial charge in [0.25, 0.3) is 0 Å². The van der Waals surface area contributed by atoms with Crippen molar-refractivity contribution in [1.82, 2.24) is 9.97 Å². The SMILES string of the molecule is Nc1ncc(Oc2ccc(Cl)cc2Cl)c(NC2CCCCC2=O)n1. The summed E-state index contributed by atoms with van der Waals surface area (Å²) in [4.78, 5) is 20.1. The van der Waals surface area contributed by atoms with Crippen molar-refractivity contribution in [2.45, 2.75) is 31.7 Å². The Morgan fingerprint density at radius 1 is 1.25 bits per heavy atom. The van der Waals surface area contributed by atoms with Gasteiger partial charge in [0, 0.05) is 11.4 Å². The summed E-state index contributed by atoms with van der Waals surface area (Å²) in [5, 5.41) is 3.98. The quantitative estimate of drug-likeness (QED) is 0.846. The van der Waals surface area contributed by atoms with Crippen molar-refractivity contribution in [2.75, 3.05) is 11.1 Å². The predicted octanol–water partition coefficient (Wildman–Crippen LogP) is 4.08. The van der Waals surface area contributed by atoms with Crippen LogP contribution in [0.15, 0.2) is 24.4 Å². The summed E-state index contributed by atoms with van der Waals surface area (Å²) in [6.07, 6.45) is 4.68. The molecule has 1 aromatic heterocycles. The highest BCUT2D eigenvalue weighted by atomic mass is 35.5. The smallest absolute Gasteiger partial charge is 0.222 e. The zero-order valence-electron chi connectivity index (χ0n) is 12.8. The molecule has 126 valence electrons. The molecule has 1 aromatic carbocycles. The molecule has 0 saturated heterocycles. The van der Waals surface area contributed by atoms with Crippen molar-refractivity contribution in [3.05, 3.63) is 34.4 Å². The van der Waals surface area contributed by atoms with Crippen LogP contribution in [0, 0.1) is 0 Å². The van der Waals surface area contributed by atoms with E-state index in [1.807, 2.05) is 0 Å². The van der Waals surface area contributed by atoms with Gasteiger partial charge in [0.1, 0.15) is 5.75 Å². The van der Waals surface area contributed by atoms with Gasteiger partial charge in [-0.3, -0.25) is 4.79 Å². The molecule has 1 aliphatic rings. The highest BCUT2D eigenvalue weighted by Gasteiger charge is 2.24. The number of nitrogens with zero attached hydrogens (tertiary/aromatic N) is 2. The largest absolute Gasteiger partial charge is 0.450 e. The first-order chi connectivity index (χ1) is 11.5. The molecule has 3 rings (SSSR count). The number of nitrogens with two attached hydrogens (primary N) is 1. The zero-order valence-corrected chi connectivity index (χ0v) is 14.3. The van der Waals surface area contributed by atoms with Crippen LogP contribution in [0.25, 0.3) is 0 Å². The van der Waals surface area contributed by atoms with Crippen LogP contribution >= 0.6 is 23.2 Å². The van der Waals surface area contributed by atoms with Gasteiger partial charge in [-0.2, -0.15) is 4.98 Å². The number of nitrogens with one attached hydrogen (secondary N) is 1. The molecule has 1 atom stereocenters. The van der Waals surface area contributed by atoms with E-state index in [0.717, 1.165) is 19.3 Å². The molecule has 1 aliphatic carbocycles. The van der Waals surface area contributed by atoms with Crippen LogP contribution in [0.1, 0.15) is 25.7 Å². The third kappa shape index (κ3) is 3.88. The average molecular weight is 367 g/mol. The number of aromatic nitrogens is 2. The standard InChI is InChI=1S/C16H16Cl2N4O2/c17-9-5-6-13(10(18)7-9)24-14-8-20-16(19)22-15(14)21-11-3-1-2-4-12(11)23/h5-8,11H,1-4H2,(H3,19,20,21,22). The number of hydrogen-bond acceptors (Lipinski definition) is 6. The molecular weight excluding hydrogens is 351 g/mol. The van der Waals surface area contributed by atoms with Crippen LogP contribution in [-0.2, 0) is 4.79 Å². The molecule has 0 radical (unpaired) electrons. The lowest BCUT2D eigenvalue weighted by molar-refractivity contribution is -0.121. The summed E-state index contributed by atoms with van der Waals surface area (Å²) in [7, 11) is 0. The minimum Gasteiger partial charge on any atom is -0.450 e. The van der Waals surface area contributed by atoms with Crippen molar-refractivity contribution in [3.8, 4) is 11.5 Å². The van der Waals surface area contributed by atoms with Crippen molar-refractivity contribution < 1.29 is 9.53 Å². The minimum atomic E-state index is -0.295. The predicted molar refractivity (Wildman–Crippen MR) is 93.9 cm³/mol. The Labute approximate surface area is 149 Å². The molecule has 2 aromatic rings. The molecule has 24 heavy (non-hydrogen) atoms. The first-order valence-electron chi connectivity index (χ1n) is 7.57. The van der Waals surface area contributed by atoms with Gasteiger partial charge in [-0.05, 0) is 31.0 Å². The molecule has 3 N–H and O–H groups in total. The lowest BCUT2D eigenvalue weighted by atomic mass is 9.94. The van der Waals surface area contributed by atoms with Gasteiger partial charge in [0.15, 0.2) is 17.4 Å². The van der Waals surface area contributed by atoms with Gasteiger partial charge in [-0.25, -0.2) is 4.98 Å². The summed E-state index contributed by atoms with van der Waals surface area (Å²) >= 11 is 12.0. The van der Waals surface area contributed by atoms with E-state index in [9.17, 15) is 4.79 Å². The Morgan fingerprint density at radius 3 is 2.83 bits per heavy atom. The number of halogens is 2. The summed E-state index contributed by atoms with van der Waals surface area (Å²) in [5.41, 5.74) is 5.66. The zero-order chi connectivity index (χ0) is 17.1. The Morgan fingerprint density at radius 2 is 2.08 bits per heavy atom. The van der Waals surface area contributed by atoms with Crippen LogP contribution < -0.4 is 15.8 Å². The highest BCUT2D eigenvalue weighted by Crippen LogP contribution is 2.35. The van der Waals surface area contributed by atoms with E-state index in [2.05, 4.69) is 15.3 Å². The van der Waals surface area contributed by atoms with E-state index in [4.69, 9.17) is 33.7 Å². The van der Waals surface area contributed by atoms with Crippen LogP contribution in [0.4, 0.5) is 11.8 Å². The maximum Gasteiger partial charge on any atom is 0.222 e. The van der Waals surface area contributed by atoms with Gasteiger partial charge >= 0.3 is 0 Å². The van der Waals surface area contributed by atoms with Gasteiger partial charge < -0.3 is 15.8 Å². The molecular formula is C16H16Cl2N4O2. The Kier molecular flexibility index (Phi) is 5.06. The first kappa shape index (κ1) is 16.8. The van der Waals surface area contributed by atoms with E-state index in [-0.39, 0.29) is 17.8 Å². The van der Waals surface area contributed by atoms with Gasteiger partial charge in [-0.1, -0.05) is 29.6 Å². The van der Waals surface area contributed by atoms with Crippen molar-refractivity contribution in [3.63, 3.8) is 0 Å². The molecule has 6 nitrogen and oxygen atoms in total. The fourth-order valence-corrected chi connectivity index (χ4v) is 2.99. The first-order valence-corrected chi connectivity index (χ1v) is 8.33. The third-order valence-corrected chi connectivity index (χ3v) is 4.28. The van der Waals surface area contributed by atoms with Crippen molar-refractivity contribution in [1.29, 1.82) is 0 Å². The number of carbonyl (C=O) groups is 1. The van der Waals surface area contributed by atoms with Crippen molar-refractivity contribution >= 4 is 40.8 Å². The summed E-state index contributed by atoms with van der Waals surface area (Å²) in [6, 6.07) is 4.60. The lowest BCUT2D eigenvalue weighted by Gasteiger charge is -2.23. The van der Waals surface area contributed by atoms with Crippen LogP contribution in [-0.4, -0.2) is 21.8 Å². The van der Waals surface area contributed by atoms with Crippen LogP contribution in [0.3, 0.4) is 0 Å². The molecule has 0 bridgehead atoms. The van der Waals surface area contributed by atoms with E-state index < -0.39 is 0 Å². The number of Topliss-reactive ketones (excluding diaryl/α,β-unsaturated/α-hetero) is 1. The average Bonchev–Trinajstić information content (AvgIpc) is 2.54. The second-order valence-corrected chi connectivity index (χ2v) is 6.37.